The van der Waals surface area contributed by atoms with Crippen molar-refractivity contribution in [3.05, 3.63) is 173 Å². The summed E-state index contributed by atoms with van der Waals surface area (Å²) in [6.07, 6.45) is 1.71. The first-order chi connectivity index (χ1) is 30.8. The molecule has 0 saturated heterocycles. The van der Waals surface area contributed by atoms with Crippen molar-refractivity contribution < 1.29 is 28.2 Å². The molecule has 0 spiro atoms. The minimum atomic E-state index is -2.40. The molecule has 7 heteroatoms. The second kappa shape index (κ2) is 13.1. The minimum absolute atomic E-state index is 0.158. The average Bonchev–Trinajstić information content (AvgIpc) is 3.98. The van der Waals surface area contributed by atoms with Gasteiger partial charge >= 0.3 is 220 Å². The number of benzene rings is 7. The van der Waals surface area contributed by atoms with Crippen molar-refractivity contribution in [2.75, 3.05) is 0 Å². The number of ether oxygens (including phenoxy) is 1. The Kier molecular flexibility index (Phi) is 7.10. The van der Waals surface area contributed by atoms with Gasteiger partial charge in [-0.2, -0.15) is 0 Å². The molecule has 0 N–H and O–H groups in total. The number of para-hydroxylation sites is 4. The molecule has 0 amide bonds. The summed E-state index contributed by atoms with van der Waals surface area (Å²) in [6.45, 7) is 4.27. The number of pyridine rings is 1. The van der Waals surface area contributed by atoms with Gasteiger partial charge in [0.05, 0.1) is 16.6 Å². The van der Waals surface area contributed by atoms with E-state index in [2.05, 4.69) is 174 Å². The number of hydrogen-bond donors (Lipinski definition) is 0. The van der Waals surface area contributed by atoms with Crippen LogP contribution in [0.2, 0.25) is 0 Å². The number of rotatable bonds is 5. The molecule has 12 aromatic rings. The van der Waals surface area contributed by atoms with Crippen molar-refractivity contribution in [2.45, 2.75) is 33.0 Å². The Morgan fingerprint density at radius 3 is 2.07 bits per heavy atom. The average molecular weight is 974 g/mol. The maximum atomic E-state index is 8.74. The van der Waals surface area contributed by atoms with Crippen LogP contribution in [0.25, 0.3) is 93.6 Å². The Morgan fingerprint density at radius 2 is 1.26 bits per heavy atom. The van der Waals surface area contributed by atoms with Crippen LogP contribution in [0.3, 0.4) is 0 Å². The summed E-state index contributed by atoms with van der Waals surface area (Å²) < 4.78 is 43.2. The van der Waals surface area contributed by atoms with Crippen LogP contribution in [0, 0.1) is 10.7 Å². The van der Waals surface area contributed by atoms with E-state index in [4.69, 9.17) is 13.8 Å². The molecular formula is C54H41N5OPt. The van der Waals surface area contributed by atoms with Crippen LogP contribution < -0.4 is 4.74 Å². The topological polar surface area (TPSA) is 41.3 Å². The molecule has 5 aromatic heterocycles. The molecule has 0 saturated carbocycles. The number of nitrogens with zero attached hydrogens (tertiary/aromatic N) is 5. The maximum absolute atomic E-state index is 8.74. The van der Waals surface area contributed by atoms with Crippen molar-refractivity contribution in [3.8, 4) is 34.1 Å². The summed E-state index contributed by atoms with van der Waals surface area (Å²) in [5, 5.41) is 6.82. The van der Waals surface area contributed by atoms with E-state index < -0.39 is 6.85 Å². The predicted octanol–water partition coefficient (Wildman–Crippen LogP) is 13.8. The number of aryl methyl sites for hydroxylation is 2. The molecule has 7 aromatic carbocycles. The number of imidazole rings is 1. The van der Waals surface area contributed by atoms with E-state index in [1.165, 1.54) is 21.7 Å². The van der Waals surface area contributed by atoms with E-state index in [9.17, 15) is 0 Å². The van der Waals surface area contributed by atoms with E-state index in [1.54, 1.807) is 12.3 Å². The van der Waals surface area contributed by atoms with Crippen molar-refractivity contribution in [1.29, 1.82) is 0 Å². The molecule has 0 aliphatic carbocycles. The third-order valence-corrected chi connectivity index (χ3v) is 13.7. The molecule has 12 rings (SSSR count). The van der Waals surface area contributed by atoms with Crippen molar-refractivity contribution in [3.63, 3.8) is 0 Å². The Bertz CT molecular complexity index is 3940. The van der Waals surface area contributed by atoms with Gasteiger partial charge in [0.15, 0.2) is 0 Å². The first kappa shape index (κ1) is 33.0. The van der Waals surface area contributed by atoms with Crippen LogP contribution in [0.15, 0.2) is 158 Å². The molecule has 0 aliphatic heterocycles. The monoisotopic (exact) mass is 973 g/mol. The normalized spacial score (nSPS) is 13.4. The molecule has 0 atom stereocenters. The molecule has 0 bridgehead atoms. The van der Waals surface area contributed by atoms with Crippen LogP contribution in [-0.2, 0) is 31.8 Å². The van der Waals surface area contributed by atoms with Gasteiger partial charge in [-0.25, -0.2) is 0 Å². The van der Waals surface area contributed by atoms with E-state index in [1.807, 2.05) is 36.4 Å². The molecule has 61 heavy (non-hydrogen) atoms. The van der Waals surface area contributed by atoms with Crippen molar-refractivity contribution >= 4 is 70.9 Å². The summed E-state index contributed by atoms with van der Waals surface area (Å²) >= 11 is 2.40. The van der Waals surface area contributed by atoms with Crippen molar-refractivity contribution in [2.24, 2.45) is 7.05 Å². The summed E-state index contributed by atoms with van der Waals surface area (Å²) in [5.41, 5.74) is 11.1. The zero-order valence-corrected chi connectivity index (χ0v) is 36.2. The Labute approximate surface area is 367 Å². The van der Waals surface area contributed by atoms with Crippen LogP contribution in [0.1, 0.15) is 36.0 Å². The quantitative estimate of drug-likeness (QED) is 0.172. The third-order valence-electron chi connectivity index (χ3n) is 12.4. The molecular weight excluding hydrogens is 930 g/mol. The smallest absolute Gasteiger partial charge is 0.0622 e. The fraction of sp³-hybridized carbons (Fsp3) is 0.111. The zero-order valence-electron chi connectivity index (χ0n) is 37.0. The summed E-state index contributed by atoms with van der Waals surface area (Å²) in [5.74, 6) is 1.88. The standard InChI is InChI=1S/C54H41N5O.Pt/c1-33-24-52(55-31-45(33)34-14-7-6-8-15-34)58-49-28-37(60-38-26-35(54(2,3)4)25-36(27-38)57-32-56(5)47-20-11-12-21-48(47)57)22-23-40(49)43-29-44-42-18-13-17-41-39-16-9-10-19-46(39)59(53(41)42)51(44)30-50(43)58;/h6-31H,1-5H3;/i1D3;. The van der Waals surface area contributed by atoms with Gasteiger partial charge in [0, 0.05) is 37.4 Å². The molecule has 0 aliphatic rings. The minimum Gasteiger partial charge on any atom is -0.0622 e. The number of fused-ring (bicyclic) bond motifs is 10. The first-order valence-electron chi connectivity index (χ1n) is 22.0. The Hall–Kier alpha value is -6.75. The molecule has 298 valence electrons. The number of hydrogen-bond acceptors (Lipinski definition) is 2. The molecule has 6 nitrogen and oxygen atoms in total. The molecule has 0 radical (unpaired) electrons. The van der Waals surface area contributed by atoms with E-state index in [0.29, 0.717) is 17.1 Å². The van der Waals surface area contributed by atoms with Crippen molar-refractivity contribution in [1.82, 2.24) is 23.1 Å². The van der Waals surface area contributed by atoms with Gasteiger partial charge in [0.25, 0.3) is 0 Å². The summed E-state index contributed by atoms with van der Waals surface area (Å²) in [7, 11) is 2.10. The van der Waals surface area contributed by atoms with Gasteiger partial charge in [-0.15, -0.1) is 0 Å². The van der Waals surface area contributed by atoms with Gasteiger partial charge < -0.3 is 4.40 Å². The van der Waals surface area contributed by atoms with Crippen LogP contribution >= 0.6 is 0 Å². The van der Waals surface area contributed by atoms with E-state index in [-0.39, 0.29) is 11.0 Å². The fourth-order valence-electron chi connectivity index (χ4n) is 9.49. The third kappa shape index (κ3) is 5.38. The van der Waals surface area contributed by atoms with E-state index in [0.717, 1.165) is 75.6 Å². The molecule has 0 unspecified atom stereocenters. The summed E-state index contributed by atoms with van der Waals surface area (Å²) in [6, 6.07) is 52.2. The zero-order chi connectivity index (χ0) is 43.8. The Balaban J connectivity index is 1.11. The second-order valence-corrected chi connectivity index (χ2v) is 18.1. The predicted molar refractivity (Wildman–Crippen MR) is 248 cm³/mol. The molecule has 0 fully saturated rings. The fourth-order valence-corrected chi connectivity index (χ4v) is 10.3. The van der Waals surface area contributed by atoms with Gasteiger partial charge in [0.2, 0.25) is 0 Å². The van der Waals surface area contributed by atoms with Gasteiger partial charge in [0.1, 0.15) is 0 Å². The van der Waals surface area contributed by atoms with Crippen LogP contribution in [0.4, 0.5) is 0 Å². The number of aromatic nitrogens is 5. The summed E-state index contributed by atoms with van der Waals surface area (Å²) in [4.78, 5) is 5.08. The van der Waals surface area contributed by atoms with Gasteiger partial charge in [-0.1, -0.05) is 66.7 Å². The van der Waals surface area contributed by atoms with E-state index >= 15 is 0 Å². The van der Waals surface area contributed by atoms with Crippen LogP contribution in [-0.4, -0.2) is 23.1 Å². The first-order valence-corrected chi connectivity index (χ1v) is 21.6. The molecule has 5 heterocycles. The SMILES string of the molecule is [2H]C([2H])([2H])c1cc(-n2c3cc(Oc4cc(-n5[c](=[Pt])n(C)c6ccccc65)cc(C(C)(C)C)c4)ccc3c3cc4c5cccc6c7ccccc7n(c4cc32)c65)ncc1-c1ccccc1. The Morgan fingerprint density at radius 1 is 0.574 bits per heavy atom. The van der Waals surface area contributed by atoms with Gasteiger partial charge in [-0.3, -0.25) is 0 Å². The second-order valence-electron chi connectivity index (χ2n) is 17.1. The van der Waals surface area contributed by atoms with Gasteiger partial charge in [-0.05, 0) is 24.0 Å². The van der Waals surface area contributed by atoms with Crippen LogP contribution in [0.5, 0.6) is 11.5 Å².